The molecule has 1 rings (SSSR count). The van der Waals surface area contributed by atoms with Crippen LogP contribution in [-0.2, 0) is 14.3 Å². The number of aliphatic hydroxyl groups excluding tert-OH is 7. The van der Waals surface area contributed by atoms with Crippen molar-refractivity contribution >= 4 is 5.91 Å². The van der Waals surface area contributed by atoms with Crippen LogP contribution in [0.15, 0.2) is 36.5 Å². The number of aliphatic hydroxyl groups is 7. The summed E-state index contributed by atoms with van der Waals surface area (Å²) in [5, 5.41) is 76.3. The molecule has 460 valence electrons. The molecule has 1 fully saturated rings. The van der Waals surface area contributed by atoms with E-state index >= 15 is 0 Å². The van der Waals surface area contributed by atoms with Gasteiger partial charge < -0.3 is 50.5 Å². The summed E-state index contributed by atoms with van der Waals surface area (Å²) in [6.07, 6.45) is 59.4. The van der Waals surface area contributed by atoms with E-state index in [9.17, 15) is 40.5 Å². The lowest BCUT2D eigenvalue weighted by Gasteiger charge is -2.40. The van der Waals surface area contributed by atoms with E-state index in [2.05, 4.69) is 55.6 Å². The molecule has 0 aromatic heterocycles. The zero-order valence-electron chi connectivity index (χ0n) is 50.7. The van der Waals surface area contributed by atoms with Crippen molar-refractivity contribution in [3.05, 3.63) is 36.5 Å². The fourth-order valence-corrected chi connectivity index (χ4v) is 10.8. The van der Waals surface area contributed by atoms with Crippen molar-refractivity contribution in [3.8, 4) is 0 Å². The summed E-state index contributed by atoms with van der Waals surface area (Å²) >= 11 is 0. The predicted octanol–water partition coefficient (Wildman–Crippen LogP) is 15.4. The lowest BCUT2D eigenvalue weighted by atomic mass is 9.98. The highest BCUT2D eigenvalue weighted by Gasteiger charge is 2.44. The second-order valence-electron chi connectivity index (χ2n) is 23.5. The van der Waals surface area contributed by atoms with E-state index in [0.717, 1.165) is 44.9 Å². The first kappa shape index (κ1) is 74.3. The molecule has 8 N–H and O–H groups in total. The van der Waals surface area contributed by atoms with Gasteiger partial charge >= 0.3 is 0 Å². The summed E-state index contributed by atoms with van der Waals surface area (Å²) in [4.78, 5) is 13.2. The normalized spacial score (nSPS) is 19.6. The molecule has 1 aliphatic rings. The molecule has 1 aliphatic heterocycles. The van der Waals surface area contributed by atoms with Crippen LogP contribution in [0, 0.1) is 0 Å². The van der Waals surface area contributed by atoms with E-state index in [1.54, 1.807) is 0 Å². The molecule has 0 saturated carbocycles. The van der Waals surface area contributed by atoms with Crippen molar-refractivity contribution in [2.24, 2.45) is 0 Å². The fraction of sp³-hybridized carbons (Fsp3) is 0.896. The van der Waals surface area contributed by atoms with Crippen molar-refractivity contribution < 1.29 is 50.0 Å². The molecule has 0 aliphatic carbocycles. The molecule has 0 aromatic rings. The van der Waals surface area contributed by atoms with Gasteiger partial charge in [-0.2, -0.15) is 0 Å². The Balaban J connectivity index is 2.27. The van der Waals surface area contributed by atoms with Gasteiger partial charge in [-0.3, -0.25) is 4.79 Å². The van der Waals surface area contributed by atoms with Crippen LogP contribution in [0.3, 0.4) is 0 Å². The van der Waals surface area contributed by atoms with Crippen LogP contribution >= 0.6 is 0 Å². The minimum absolute atomic E-state index is 0.243. The number of carbonyl (C=O) groups is 1. The Labute approximate surface area is 479 Å². The van der Waals surface area contributed by atoms with E-state index in [1.807, 2.05) is 0 Å². The van der Waals surface area contributed by atoms with Gasteiger partial charge in [0.25, 0.3) is 0 Å². The van der Waals surface area contributed by atoms with Crippen molar-refractivity contribution in [1.29, 1.82) is 0 Å². The molecular formula is C67H127NO10. The Morgan fingerprint density at radius 1 is 0.436 bits per heavy atom. The van der Waals surface area contributed by atoms with Gasteiger partial charge in [-0.05, 0) is 64.2 Å². The standard InChI is InChI=1S/C67H127NO10/c1-3-5-7-9-11-13-15-17-19-21-23-25-27-28-29-30-31-32-33-35-36-38-40-42-44-46-48-50-52-54-59(70)62(72)58(57-77-67-65(75)64(74)63(73)61(56-69)78-67)68-66(76)60(71)55-53-51-49-47-45-43-41-39-37-34-26-24-22-20-18-16-14-12-10-8-6-4-2/h32-33,38,40,46,48,58-65,67,69-75H,3-31,34-37,39,41-45,47,49-57H2,1-2H3,(H,68,76)/b33-32+,40-38+,48-46+. The summed E-state index contributed by atoms with van der Waals surface area (Å²) in [6, 6.07) is -1.19. The molecule has 0 aromatic carbocycles. The summed E-state index contributed by atoms with van der Waals surface area (Å²) in [5.74, 6) is -0.707. The highest BCUT2D eigenvalue weighted by Crippen LogP contribution is 2.24. The quantitative estimate of drug-likeness (QED) is 0.0215. The zero-order valence-corrected chi connectivity index (χ0v) is 50.7. The molecule has 9 unspecified atom stereocenters. The highest BCUT2D eigenvalue weighted by atomic mass is 16.7. The molecule has 1 heterocycles. The van der Waals surface area contributed by atoms with Gasteiger partial charge in [0.2, 0.25) is 5.91 Å². The first-order valence-corrected chi connectivity index (χ1v) is 33.4. The van der Waals surface area contributed by atoms with Gasteiger partial charge in [-0.15, -0.1) is 0 Å². The molecule has 0 radical (unpaired) electrons. The summed E-state index contributed by atoms with van der Waals surface area (Å²) in [5.41, 5.74) is 0. The molecular weight excluding hydrogens is 979 g/mol. The average Bonchev–Trinajstić information content (AvgIpc) is 3.46. The highest BCUT2D eigenvalue weighted by molar-refractivity contribution is 5.80. The number of rotatable bonds is 58. The van der Waals surface area contributed by atoms with Crippen molar-refractivity contribution in [2.75, 3.05) is 13.2 Å². The lowest BCUT2D eigenvalue weighted by Crippen LogP contribution is -2.60. The minimum Gasteiger partial charge on any atom is -0.394 e. The topological polar surface area (TPSA) is 189 Å². The van der Waals surface area contributed by atoms with Crippen LogP contribution < -0.4 is 5.32 Å². The Bertz CT molecular complexity index is 1360. The fourth-order valence-electron chi connectivity index (χ4n) is 10.8. The number of nitrogens with one attached hydrogen (secondary N) is 1. The Hall–Kier alpha value is -1.67. The number of unbranched alkanes of at least 4 members (excludes halogenated alkanes) is 40. The van der Waals surface area contributed by atoms with E-state index in [4.69, 9.17) is 9.47 Å². The molecule has 0 spiro atoms. The first-order chi connectivity index (χ1) is 38.2. The van der Waals surface area contributed by atoms with Gasteiger partial charge in [0, 0.05) is 0 Å². The van der Waals surface area contributed by atoms with Crippen LogP contribution in [0.5, 0.6) is 0 Å². The third-order valence-electron chi connectivity index (χ3n) is 16.2. The Morgan fingerprint density at radius 2 is 0.769 bits per heavy atom. The number of ether oxygens (including phenoxy) is 2. The lowest BCUT2D eigenvalue weighted by molar-refractivity contribution is -0.303. The molecule has 1 amide bonds. The summed E-state index contributed by atoms with van der Waals surface area (Å²) in [6.45, 7) is 3.48. The molecule has 78 heavy (non-hydrogen) atoms. The smallest absolute Gasteiger partial charge is 0.249 e. The van der Waals surface area contributed by atoms with Gasteiger partial charge in [-0.25, -0.2) is 0 Å². The third-order valence-corrected chi connectivity index (χ3v) is 16.2. The van der Waals surface area contributed by atoms with Crippen LogP contribution in [-0.4, -0.2) is 110 Å². The van der Waals surface area contributed by atoms with Crippen molar-refractivity contribution in [1.82, 2.24) is 5.32 Å². The number of hydrogen-bond acceptors (Lipinski definition) is 10. The molecule has 1 saturated heterocycles. The predicted molar refractivity (Wildman–Crippen MR) is 325 cm³/mol. The van der Waals surface area contributed by atoms with Crippen LogP contribution in [0.2, 0.25) is 0 Å². The maximum Gasteiger partial charge on any atom is 0.249 e. The largest absolute Gasteiger partial charge is 0.394 e. The molecule has 9 atom stereocenters. The van der Waals surface area contributed by atoms with Gasteiger partial charge in [0.15, 0.2) is 6.29 Å². The minimum atomic E-state index is -1.67. The van der Waals surface area contributed by atoms with Crippen molar-refractivity contribution in [2.45, 2.75) is 371 Å². The molecule has 0 bridgehead atoms. The Morgan fingerprint density at radius 3 is 1.14 bits per heavy atom. The Kier molecular flexibility index (Phi) is 53.2. The number of allylic oxidation sites excluding steroid dienone is 6. The van der Waals surface area contributed by atoms with Crippen molar-refractivity contribution in [3.63, 3.8) is 0 Å². The van der Waals surface area contributed by atoms with E-state index < -0.39 is 74.2 Å². The number of amides is 1. The average molecular weight is 1110 g/mol. The first-order valence-electron chi connectivity index (χ1n) is 33.4. The summed E-state index contributed by atoms with van der Waals surface area (Å²) < 4.78 is 11.2. The molecule has 11 nitrogen and oxygen atoms in total. The van der Waals surface area contributed by atoms with E-state index in [1.165, 1.54) is 225 Å². The number of hydrogen-bond donors (Lipinski definition) is 8. The SMILES string of the molecule is CCCCCCCCCCCCCCCCCC/C=C/CC/C=C/CC/C=C/CCCC(O)C(O)C(COC1OC(CO)C(O)C(O)C1O)NC(=O)C(O)CCCCCCCCCCCCCCCCCCCCCCCC. The van der Waals surface area contributed by atoms with Crippen LogP contribution in [0.4, 0.5) is 0 Å². The van der Waals surface area contributed by atoms with E-state index in [0.29, 0.717) is 19.3 Å². The monoisotopic (exact) mass is 1110 g/mol. The maximum absolute atomic E-state index is 13.2. The second kappa shape index (κ2) is 55.8. The van der Waals surface area contributed by atoms with Crippen LogP contribution in [0.1, 0.15) is 316 Å². The van der Waals surface area contributed by atoms with Gasteiger partial charge in [-0.1, -0.05) is 288 Å². The van der Waals surface area contributed by atoms with E-state index in [-0.39, 0.29) is 12.8 Å². The zero-order chi connectivity index (χ0) is 56.8. The third kappa shape index (κ3) is 43.1. The molecule has 11 heteroatoms. The van der Waals surface area contributed by atoms with Crippen LogP contribution in [0.25, 0.3) is 0 Å². The van der Waals surface area contributed by atoms with Gasteiger partial charge in [0.05, 0.1) is 25.4 Å². The number of carbonyl (C=O) groups excluding carboxylic acids is 1. The maximum atomic E-state index is 13.2. The van der Waals surface area contributed by atoms with Gasteiger partial charge in [0.1, 0.15) is 36.6 Å². The second-order valence-corrected chi connectivity index (χ2v) is 23.5. The summed E-state index contributed by atoms with van der Waals surface area (Å²) in [7, 11) is 0.